The molecule has 2 aliphatic heterocycles. The summed E-state index contributed by atoms with van der Waals surface area (Å²) in [6.07, 6.45) is 6.71. The van der Waals surface area contributed by atoms with Gasteiger partial charge in [0.25, 0.3) is 5.56 Å². The van der Waals surface area contributed by atoms with E-state index in [1.807, 2.05) is 29.2 Å². The minimum absolute atomic E-state index is 0.105. The highest BCUT2D eigenvalue weighted by atomic mass is 16.7. The number of aryl methyl sites for hydroxylation is 2. The molecular weight excluding hydrogens is 468 g/mol. The first kappa shape index (κ1) is 25.3. The fourth-order valence-electron chi connectivity index (χ4n) is 5.24. The first-order valence-corrected chi connectivity index (χ1v) is 13.4. The van der Waals surface area contributed by atoms with E-state index in [2.05, 4.69) is 34.0 Å². The van der Waals surface area contributed by atoms with Crippen LogP contribution in [0, 0.1) is 0 Å². The highest BCUT2D eigenvalue weighted by Gasteiger charge is 2.19. The monoisotopic (exact) mass is 504 g/mol. The van der Waals surface area contributed by atoms with Gasteiger partial charge in [0, 0.05) is 32.5 Å². The maximum atomic E-state index is 13.2. The molecule has 0 atom stereocenters. The summed E-state index contributed by atoms with van der Waals surface area (Å²) in [5, 5.41) is 0. The standard InChI is InChI=1S/C29H36N4O4/c1-32-14-7-8-16-33(28(34)13-12-25-29(35)31-24-11-5-4-10-23(24)30-25)15-6-2-3-9-21-17-26-27(37-20-36-26)18-22(21)19-32/h4-5,10-11,17-18H,2-3,6-9,12-16,19-20H2,1H3,(H,31,35). The van der Waals surface area contributed by atoms with Gasteiger partial charge in [-0.3, -0.25) is 9.59 Å². The number of nitrogens with zero attached hydrogens (tertiary/aromatic N) is 3. The smallest absolute Gasteiger partial charge is 0.270 e. The predicted octanol–water partition coefficient (Wildman–Crippen LogP) is 4.05. The molecule has 5 rings (SSSR count). The molecule has 0 spiro atoms. The summed E-state index contributed by atoms with van der Waals surface area (Å²) in [4.78, 5) is 37.4. The normalized spacial score (nSPS) is 17.4. The minimum atomic E-state index is -0.210. The van der Waals surface area contributed by atoms with Crippen LogP contribution in [0.2, 0.25) is 0 Å². The average Bonchev–Trinajstić information content (AvgIpc) is 3.35. The van der Waals surface area contributed by atoms with Gasteiger partial charge in [-0.05, 0) is 81.1 Å². The highest BCUT2D eigenvalue weighted by Crippen LogP contribution is 2.36. The maximum Gasteiger partial charge on any atom is 0.270 e. The quantitative estimate of drug-likeness (QED) is 0.579. The highest BCUT2D eigenvalue weighted by molar-refractivity contribution is 5.77. The number of hydrogen-bond donors (Lipinski definition) is 1. The largest absolute Gasteiger partial charge is 0.454 e. The van der Waals surface area contributed by atoms with Crippen molar-refractivity contribution in [1.29, 1.82) is 0 Å². The van der Waals surface area contributed by atoms with Crippen LogP contribution in [-0.4, -0.2) is 59.1 Å². The number of rotatable bonds is 3. The van der Waals surface area contributed by atoms with Gasteiger partial charge < -0.3 is 24.3 Å². The van der Waals surface area contributed by atoms with E-state index >= 15 is 0 Å². The van der Waals surface area contributed by atoms with E-state index in [1.54, 1.807) is 0 Å². The minimum Gasteiger partial charge on any atom is -0.454 e. The summed E-state index contributed by atoms with van der Waals surface area (Å²) >= 11 is 0. The van der Waals surface area contributed by atoms with Crippen molar-refractivity contribution in [2.45, 2.75) is 57.9 Å². The molecule has 3 heterocycles. The molecule has 8 heteroatoms. The Balaban J connectivity index is 1.20. The molecule has 0 bridgehead atoms. The van der Waals surface area contributed by atoms with Gasteiger partial charge >= 0.3 is 0 Å². The fraction of sp³-hybridized carbons (Fsp3) is 0.483. The third-order valence-corrected chi connectivity index (χ3v) is 7.33. The molecule has 0 radical (unpaired) electrons. The summed E-state index contributed by atoms with van der Waals surface area (Å²) in [5.74, 6) is 1.80. The molecule has 2 aromatic carbocycles. The predicted molar refractivity (Wildman–Crippen MR) is 143 cm³/mol. The molecule has 1 amide bonds. The van der Waals surface area contributed by atoms with Gasteiger partial charge in [0.15, 0.2) is 11.5 Å². The van der Waals surface area contributed by atoms with Crippen molar-refractivity contribution in [3.63, 3.8) is 0 Å². The first-order valence-electron chi connectivity index (χ1n) is 13.4. The van der Waals surface area contributed by atoms with E-state index in [1.165, 1.54) is 11.1 Å². The van der Waals surface area contributed by atoms with Crippen LogP contribution in [0.25, 0.3) is 11.0 Å². The molecule has 3 aromatic rings. The first-order chi connectivity index (χ1) is 18.1. The van der Waals surface area contributed by atoms with E-state index in [0.29, 0.717) is 25.3 Å². The Kier molecular flexibility index (Phi) is 8.04. The lowest BCUT2D eigenvalue weighted by Gasteiger charge is -2.25. The number of amides is 1. The molecule has 0 fully saturated rings. The van der Waals surface area contributed by atoms with Gasteiger partial charge in [-0.25, -0.2) is 4.98 Å². The molecule has 1 N–H and O–H groups in total. The maximum absolute atomic E-state index is 13.2. The van der Waals surface area contributed by atoms with Crippen molar-refractivity contribution in [3.05, 3.63) is 63.6 Å². The number of aromatic amines is 1. The zero-order chi connectivity index (χ0) is 25.6. The molecule has 8 nitrogen and oxygen atoms in total. The van der Waals surface area contributed by atoms with E-state index in [0.717, 1.165) is 87.2 Å². The number of carbonyl (C=O) groups is 1. The number of aromatic nitrogens is 2. The number of ether oxygens (including phenoxy) is 2. The van der Waals surface area contributed by atoms with E-state index < -0.39 is 0 Å². The lowest BCUT2D eigenvalue weighted by molar-refractivity contribution is -0.131. The molecule has 0 unspecified atom stereocenters. The third-order valence-electron chi connectivity index (χ3n) is 7.33. The van der Waals surface area contributed by atoms with Crippen molar-refractivity contribution in [2.75, 3.05) is 33.5 Å². The molecule has 2 aliphatic rings. The Morgan fingerprint density at radius 2 is 1.70 bits per heavy atom. The lowest BCUT2D eigenvalue weighted by atomic mass is 9.99. The van der Waals surface area contributed by atoms with Crippen molar-refractivity contribution in [3.8, 4) is 11.5 Å². The van der Waals surface area contributed by atoms with Crippen molar-refractivity contribution in [2.24, 2.45) is 0 Å². The zero-order valence-electron chi connectivity index (χ0n) is 21.6. The molecule has 37 heavy (non-hydrogen) atoms. The summed E-state index contributed by atoms with van der Waals surface area (Å²) in [6.45, 7) is 3.64. The lowest BCUT2D eigenvalue weighted by Crippen LogP contribution is -2.34. The van der Waals surface area contributed by atoms with Crippen LogP contribution in [0.5, 0.6) is 11.5 Å². The van der Waals surface area contributed by atoms with Gasteiger partial charge in [-0.2, -0.15) is 0 Å². The Bertz CT molecular complexity index is 1300. The van der Waals surface area contributed by atoms with E-state index in [4.69, 9.17) is 9.47 Å². The van der Waals surface area contributed by atoms with Gasteiger partial charge in [0.05, 0.1) is 11.0 Å². The topological polar surface area (TPSA) is 87.8 Å². The van der Waals surface area contributed by atoms with Gasteiger partial charge in [0.2, 0.25) is 12.7 Å². The Hall–Kier alpha value is -3.39. The summed E-state index contributed by atoms with van der Waals surface area (Å²) in [5.41, 5.74) is 4.33. The summed E-state index contributed by atoms with van der Waals surface area (Å²) in [6, 6.07) is 11.8. The number of nitrogens with one attached hydrogen (secondary N) is 1. The number of carbonyl (C=O) groups excluding carboxylic acids is 1. The summed E-state index contributed by atoms with van der Waals surface area (Å²) in [7, 11) is 2.15. The second kappa shape index (κ2) is 11.8. The van der Waals surface area contributed by atoms with Crippen molar-refractivity contribution >= 4 is 16.9 Å². The fourth-order valence-corrected chi connectivity index (χ4v) is 5.24. The molecule has 0 saturated carbocycles. The van der Waals surface area contributed by atoms with Crippen LogP contribution in [-0.2, 0) is 24.2 Å². The van der Waals surface area contributed by atoms with Gasteiger partial charge in [0.1, 0.15) is 5.69 Å². The van der Waals surface area contributed by atoms with Crippen molar-refractivity contribution < 1.29 is 14.3 Å². The average molecular weight is 505 g/mol. The number of H-pyrrole nitrogens is 1. The van der Waals surface area contributed by atoms with Gasteiger partial charge in [-0.1, -0.05) is 18.6 Å². The second-order valence-electron chi connectivity index (χ2n) is 10.1. The van der Waals surface area contributed by atoms with Crippen LogP contribution in [0.3, 0.4) is 0 Å². The number of benzene rings is 2. The molecule has 196 valence electrons. The summed E-state index contributed by atoms with van der Waals surface area (Å²) < 4.78 is 11.2. The third kappa shape index (κ3) is 6.31. The van der Waals surface area contributed by atoms with Crippen LogP contribution < -0.4 is 15.0 Å². The van der Waals surface area contributed by atoms with E-state index in [9.17, 15) is 9.59 Å². The molecule has 0 saturated heterocycles. The van der Waals surface area contributed by atoms with Crippen molar-refractivity contribution in [1.82, 2.24) is 19.8 Å². The number of para-hydroxylation sites is 2. The van der Waals surface area contributed by atoms with Crippen LogP contribution in [0.4, 0.5) is 0 Å². The molecule has 1 aromatic heterocycles. The number of fused-ring (bicyclic) bond motifs is 3. The number of hydrogen-bond acceptors (Lipinski definition) is 6. The second-order valence-corrected chi connectivity index (χ2v) is 10.1. The SMILES string of the molecule is CN1CCCCN(C(=O)CCc2nc3ccccc3[nH]c2=O)CCCCCc2cc3c(cc2C1)OCO3. The van der Waals surface area contributed by atoms with Crippen LogP contribution in [0.1, 0.15) is 55.3 Å². The zero-order valence-corrected chi connectivity index (χ0v) is 21.6. The molecular formula is C29H36N4O4. The van der Waals surface area contributed by atoms with Crippen LogP contribution >= 0.6 is 0 Å². The Labute approximate surface area is 217 Å². The Morgan fingerprint density at radius 3 is 2.54 bits per heavy atom. The molecule has 0 aliphatic carbocycles. The van der Waals surface area contributed by atoms with Gasteiger partial charge in [-0.15, -0.1) is 0 Å². The van der Waals surface area contributed by atoms with E-state index in [-0.39, 0.29) is 11.5 Å². The Morgan fingerprint density at radius 1 is 0.973 bits per heavy atom. The van der Waals surface area contributed by atoms with Crippen LogP contribution in [0.15, 0.2) is 41.2 Å².